The van der Waals surface area contributed by atoms with E-state index in [1.165, 1.54) is 4.68 Å². The minimum absolute atomic E-state index is 0.240. The minimum Gasteiger partial charge on any atom is -0.494 e. The molecule has 0 saturated heterocycles. The molecule has 0 amide bonds. The fourth-order valence-corrected chi connectivity index (χ4v) is 3.74. The monoisotopic (exact) mass is 460 g/mol. The standard InChI is InChI=1S/C23H21FN8O2/c1-12-7-18(26-9-14(12)24)29-19-8-16(20-22(30-19)31-32(2)23(20)33)28-15-6-4-5-13(21(15)34-3)17-10-25-11-27-17/h4-11H,1-3H3,(H,25,27)(H3,26,28,29,30,31). The zero-order valence-electron chi connectivity index (χ0n) is 18.6. The molecule has 10 nitrogen and oxygen atoms in total. The first kappa shape index (κ1) is 21.2. The molecule has 0 spiro atoms. The zero-order valence-corrected chi connectivity index (χ0v) is 18.6. The van der Waals surface area contributed by atoms with Crippen molar-refractivity contribution in [2.45, 2.75) is 6.92 Å². The van der Waals surface area contributed by atoms with Crippen LogP contribution in [0.5, 0.6) is 5.75 Å². The van der Waals surface area contributed by atoms with E-state index in [9.17, 15) is 9.18 Å². The van der Waals surface area contributed by atoms with Gasteiger partial charge in [-0.3, -0.25) is 14.6 Å². The molecule has 5 aromatic rings. The van der Waals surface area contributed by atoms with Crippen molar-refractivity contribution in [3.8, 4) is 17.0 Å². The van der Waals surface area contributed by atoms with Gasteiger partial charge in [-0.25, -0.2) is 19.3 Å². The number of fused-ring (bicyclic) bond motifs is 1. The van der Waals surface area contributed by atoms with Gasteiger partial charge in [-0.15, -0.1) is 0 Å². The number of pyridine rings is 2. The topological polar surface area (TPSA) is 126 Å². The third-order valence-electron chi connectivity index (χ3n) is 5.39. The van der Waals surface area contributed by atoms with Crippen LogP contribution in [0.15, 0.2) is 53.8 Å². The van der Waals surface area contributed by atoms with E-state index in [2.05, 4.69) is 35.7 Å². The second-order valence-electron chi connectivity index (χ2n) is 7.68. The van der Waals surface area contributed by atoms with Crippen LogP contribution >= 0.6 is 0 Å². The lowest BCUT2D eigenvalue weighted by molar-refractivity contribution is 0.418. The fourth-order valence-electron chi connectivity index (χ4n) is 3.74. The molecule has 0 aliphatic rings. The summed E-state index contributed by atoms with van der Waals surface area (Å²) < 4.78 is 20.7. The van der Waals surface area contributed by atoms with Gasteiger partial charge in [-0.05, 0) is 30.7 Å². The van der Waals surface area contributed by atoms with Gasteiger partial charge in [0.25, 0.3) is 5.56 Å². The van der Waals surface area contributed by atoms with Crippen molar-refractivity contribution in [2.24, 2.45) is 7.05 Å². The van der Waals surface area contributed by atoms with Crippen molar-refractivity contribution in [1.82, 2.24) is 29.7 Å². The number of para-hydroxylation sites is 1. The molecule has 0 saturated carbocycles. The molecule has 1 aromatic carbocycles. The molecule has 5 rings (SSSR count). The maximum absolute atomic E-state index is 13.6. The van der Waals surface area contributed by atoms with E-state index in [0.29, 0.717) is 45.4 Å². The lowest BCUT2D eigenvalue weighted by Gasteiger charge is -2.15. The van der Waals surface area contributed by atoms with E-state index < -0.39 is 5.82 Å². The summed E-state index contributed by atoms with van der Waals surface area (Å²) in [5.74, 6) is 1.02. The first-order valence-corrected chi connectivity index (χ1v) is 10.4. The molecular weight excluding hydrogens is 439 g/mol. The van der Waals surface area contributed by atoms with E-state index in [-0.39, 0.29) is 5.56 Å². The molecule has 4 aromatic heterocycles. The fraction of sp³-hybridized carbons (Fsp3) is 0.130. The van der Waals surface area contributed by atoms with Crippen LogP contribution in [0.3, 0.4) is 0 Å². The number of aryl methyl sites for hydroxylation is 2. The molecule has 11 heteroatoms. The van der Waals surface area contributed by atoms with Crippen LogP contribution < -0.4 is 20.9 Å². The van der Waals surface area contributed by atoms with Crippen LogP contribution in [0, 0.1) is 12.7 Å². The number of benzene rings is 1. The molecular formula is C23H21FN8O2. The van der Waals surface area contributed by atoms with Crippen molar-refractivity contribution >= 4 is 34.0 Å². The molecule has 4 heterocycles. The van der Waals surface area contributed by atoms with Gasteiger partial charge < -0.3 is 20.4 Å². The molecule has 0 fully saturated rings. The van der Waals surface area contributed by atoms with Gasteiger partial charge in [0.2, 0.25) is 0 Å². The molecule has 0 aliphatic carbocycles. The number of aromatic nitrogens is 6. The van der Waals surface area contributed by atoms with Crippen LogP contribution in [0.4, 0.5) is 27.4 Å². The van der Waals surface area contributed by atoms with Crippen molar-refractivity contribution in [1.29, 1.82) is 0 Å². The van der Waals surface area contributed by atoms with Crippen molar-refractivity contribution in [3.05, 3.63) is 70.8 Å². The number of halogens is 1. The average Bonchev–Trinajstić information content (AvgIpc) is 3.45. The molecule has 34 heavy (non-hydrogen) atoms. The number of rotatable bonds is 6. The highest BCUT2D eigenvalue weighted by molar-refractivity contribution is 5.94. The summed E-state index contributed by atoms with van der Waals surface area (Å²) in [6, 6.07) is 8.91. The summed E-state index contributed by atoms with van der Waals surface area (Å²) in [5, 5.41) is 9.72. The SMILES string of the molecule is COc1c(Nc2cc(Nc3cc(C)c(F)cn3)nc3[nH]n(C)c(=O)c23)cccc1-c1cnc[nH]1. The smallest absolute Gasteiger partial charge is 0.277 e. The second kappa shape index (κ2) is 8.35. The highest BCUT2D eigenvalue weighted by Crippen LogP contribution is 2.38. The Balaban J connectivity index is 1.61. The number of H-pyrrole nitrogens is 2. The summed E-state index contributed by atoms with van der Waals surface area (Å²) in [4.78, 5) is 28.6. The summed E-state index contributed by atoms with van der Waals surface area (Å²) in [5.41, 5.74) is 3.34. The lowest BCUT2D eigenvalue weighted by atomic mass is 10.1. The maximum Gasteiger partial charge on any atom is 0.277 e. The molecule has 0 radical (unpaired) electrons. The van der Waals surface area contributed by atoms with Gasteiger partial charge in [0.15, 0.2) is 11.4 Å². The third-order valence-corrected chi connectivity index (χ3v) is 5.39. The number of nitrogens with zero attached hydrogens (tertiary/aromatic N) is 4. The summed E-state index contributed by atoms with van der Waals surface area (Å²) in [6.45, 7) is 1.65. The predicted octanol–water partition coefficient (Wildman–Crippen LogP) is 3.99. The van der Waals surface area contributed by atoms with Crippen LogP contribution in [-0.2, 0) is 7.05 Å². The van der Waals surface area contributed by atoms with E-state index in [1.807, 2.05) is 18.2 Å². The Labute approximate surface area is 192 Å². The zero-order chi connectivity index (χ0) is 23.8. The molecule has 4 N–H and O–H groups in total. The number of imidazole rings is 1. The number of nitrogens with one attached hydrogen (secondary N) is 4. The summed E-state index contributed by atoms with van der Waals surface area (Å²) in [7, 11) is 3.19. The van der Waals surface area contributed by atoms with Gasteiger partial charge >= 0.3 is 0 Å². The van der Waals surface area contributed by atoms with E-state index in [1.54, 1.807) is 45.7 Å². The van der Waals surface area contributed by atoms with Gasteiger partial charge in [-0.1, -0.05) is 6.07 Å². The Morgan fingerprint density at radius 2 is 1.97 bits per heavy atom. The van der Waals surface area contributed by atoms with Crippen molar-refractivity contribution < 1.29 is 9.13 Å². The number of hydrogen-bond donors (Lipinski definition) is 4. The van der Waals surface area contributed by atoms with Crippen LogP contribution in [0.2, 0.25) is 0 Å². The number of methoxy groups -OCH3 is 1. The van der Waals surface area contributed by atoms with Gasteiger partial charge in [0.1, 0.15) is 22.8 Å². The Morgan fingerprint density at radius 1 is 1.12 bits per heavy atom. The highest BCUT2D eigenvalue weighted by atomic mass is 19.1. The Bertz CT molecular complexity index is 1560. The van der Waals surface area contributed by atoms with Gasteiger partial charge in [0.05, 0.1) is 42.9 Å². The van der Waals surface area contributed by atoms with E-state index >= 15 is 0 Å². The molecule has 0 unspecified atom stereocenters. The van der Waals surface area contributed by atoms with Crippen LogP contribution in [-0.4, -0.2) is 36.8 Å². The van der Waals surface area contributed by atoms with Gasteiger partial charge in [0, 0.05) is 18.7 Å². The Hall–Kier alpha value is -4.67. The maximum atomic E-state index is 13.6. The minimum atomic E-state index is -0.395. The largest absolute Gasteiger partial charge is 0.494 e. The highest BCUT2D eigenvalue weighted by Gasteiger charge is 2.17. The van der Waals surface area contributed by atoms with Crippen molar-refractivity contribution in [2.75, 3.05) is 17.7 Å². The first-order valence-electron chi connectivity index (χ1n) is 10.4. The number of anilines is 4. The van der Waals surface area contributed by atoms with Crippen molar-refractivity contribution in [3.63, 3.8) is 0 Å². The second-order valence-corrected chi connectivity index (χ2v) is 7.68. The summed E-state index contributed by atoms with van der Waals surface area (Å²) >= 11 is 0. The molecule has 0 atom stereocenters. The molecule has 0 aliphatic heterocycles. The number of aromatic amines is 2. The number of ether oxygens (including phenoxy) is 1. The quantitative estimate of drug-likeness (QED) is 0.302. The summed E-state index contributed by atoms with van der Waals surface area (Å²) in [6.07, 6.45) is 4.44. The van der Waals surface area contributed by atoms with Gasteiger partial charge in [-0.2, -0.15) is 0 Å². The van der Waals surface area contributed by atoms with E-state index in [0.717, 1.165) is 17.5 Å². The first-order chi connectivity index (χ1) is 16.4. The third kappa shape index (κ3) is 3.72. The number of hydrogen-bond acceptors (Lipinski definition) is 7. The van der Waals surface area contributed by atoms with Crippen LogP contribution in [0.25, 0.3) is 22.3 Å². The normalized spacial score (nSPS) is 11.1. The predicted molar refractivity (Wildman–Crippen MR) is 127 cm³/mol. The Morgan fingerprint density at radius 3 is 2.71 bits per heavy atom. The van der Waals surface area contributed by atoms with E-state index in [4.69, 9.17) is 4.74 Å². The average molecular weight is 460 g/mol. The molecule has 172 valence electrons. The lowest BCUT2D eigenvalue weighted by Crippen LogP contribution is -2.12. The van der Waals surface area contributed by atoms with Crippen LogP contribution in [0.1, 0.15) is 5.56 Å². The Kier molecular flexibility index (Phi) is 5.21. The molecule has 0 bridgehead atoms.